The van der Waals surface area contributed by atoms with Crippen LogP contribution >= 0.6 is 12.6 Å². The molecule has 1 saturated heterocycles. The molecule has 0 aromatic heterocycles. The molecule has 0 bridgehead atoms. The molecule has 12 heavy (non-hydrogen) atoms. The minimum absolute atomic E-state index is 0.00347. The summed E-state index contributed by atoms with van der Waals surface area (Å²) in [5, 5.41) is -0.00347. The van der Waals surface area contributed by atoms with Crippen molar-refractivity contribution in [2.24, 2.45) is 0 Å². The highest BCUT2D eigenvalue weighted by atomic mass is 32.1. The van der Waals surface area contributed by atoms with Crippen LogP contribution in [0.5, 0.6) is 0 Å². The maximum absolute atomic E-state index is 11.1. The molecule has 1 fully saturated rings. The molecule has 2 atom stereocenters. The number of hydrogen-bond acceptors (Lipinski definition) is 4. The third-order valence-corrected chi connectivity index (χ3v) is 2.05. The summed E-state index contributed by atoms with van der Waals surface area (Å²) >= 11 is 4.22. The van der Waals surface area contributed by atoms with Crippen molar-refractivity contribution >= 4 is 18.6 Å². The van der Waals surface area contributed by atoms with Gasteiger partial charge in [-0.1, -0.05) is 0 Å². The fourth-order valence-corrected chi connectivity index (χ4v) is 1.21. The molecule has 1 rings (SSSR count). The lowest BCUT2D eigenvalue weighted by atomic mass is 10.2. The highest BCUT2D eigenvalue weighted by Gasteiger charge is 2.32. The lowest BCUT2D eigenvalue weighted by Gasteiger charge is -2.09. The summed E-state index contributed by atoms with van der Waals surface area (Å²) in [4.78, 5) is 11.1. The molecule has 0 amide bonds. The largest absolute Gasteiger partial charge is 0.463 e. The second kappa shape index (κ2) is 4.14. The zero-order valence-electron chi connectivity index (χ0n) is 7.32. The molecule has 2 unspecified atom stereocenters. The minimum atomic E-state index is -0.194. The highest BCUT2D eigenvalue weighted by molar-refractivity contribution is 7.81. The van der Waals surface area contributed by atoms with Gasteiger partial charge >= 0.3 is 5.97 Å². The molecular formula is C8H14O3S. The summed E-state index contributed by atoms with van der Waals surface area (Å²) in [6.07, 6.45) is 0.456. The Morgan fingerprint density at radius 1 is 1.75 bits per heavy atom. The first-order chi connectivity index (χ1) is 5.59. The molecule has 0 spiro atoms. The molecule has 70 valence electrons. The van der Waals surface area contributed by atoms with Crippen molar-refractivity contribution in [3.05, 3.63) is 0 Å². The van der Waals surface area contributed by atoms with E-state index in [4.69, 9.17) is 9.47 Å². The van der Waals surface area contributed by atoms with Crippen molar-refractivity contribution in [3.63, 3.8) is 0 Å². The quantitative estimate of drug-likeness (QED) is 0.409. The third-order valence-electron chi connectivity index (χ3n) is 1.53. The summed E-state index contributed by atoms with van der Waals surface area (Å²) in [6.45, 7) is 4.39. The van der Waals surface area contributed by atoms with Crippen molar-refractivity contribution in [1.29, 1.82) is 0 Å². The standard InChI is InChI=1S/C8H14O3S/c1-5(2)11-8(9)3-7(12)6-4-10-6/h5-7,12H,3-4H2,1-2H3. The maximum atomic E-state index is 11.1. The second-order valence-corrected chi connectivity index (χ2v) is 3.85. The van der Waals surface area contributed by atoms with Crippen LogP contribution in [0.4, 0.5) is 0 Å². The van der Waals surface area contributed by atoms with Gasteiger partial charge in [0, 0.05) is 5.25 Å². The van der Waals surface area contributed by atoms with E-state index in [1.165, 1.54) is 0 Å². The Hall–Kier alpha value is -0.220. The number of carbonyl (C=O) groups excluding carboxylic acids is 1. The second-order valence-electron chi connectivity index (χ2n) is 3.18. The average molecular weight is 190 g/mol. The van der Waals surface area contributed by atoms with Crippen LogP contribution in [-0.4, -0.2) is 30.0 Å². The first-order valence-electron chi connectivity index (χ1n) is 4.08. The number of hydrogen-bond donors (Lipinski definition) is 1. The number of rotatable bonds is 4. The van der Waals surface area contributed by atoms with Gasteiger partial charge in [0.15, 0.2) is 0 Å². The smallest absolute Gasteiger partial charge is 0.307 e. The molecule has 0 saturated carbocycles. The predicted molar refractivity (Wildman–Crippen MR) is 48.4 cm³/mol. The van der Waals surface area contributed by atoms with Crippen LogP contribution in [0.1, 0.15) is 20.3 Å². The molecule has 0 aliphatic carbocycles. The lowest BCUT2D eigenvalue weighted by molar-refractivity contribution is -0.147. The lowest BCUT2D eigenvalue weighted by Crippen LogP contribution is -2.18. The number of ether oxygens (including phenoxy) is 2. The summed E-state index contributed by atoms with van der Waals surface area (Å²) in [5.74, 6) is -0.194. The molecule has 1 aliphatic heterocycles. The Morgan fingerprint density at radius 2 is 2.33 bits per heavy atom. The Bertz CT molecular complexity index is 166. The number of thiol groups is 1. The average Bonchev–Trinajstić information content (AvgIpc) is 2.63. The van der Waals surface area contributed by atoms with Crippen LogP contribution < -0.4 is 0 Å². The van der Waals surface area contributed by atoms with Crippen molar-refractivity contribution in [3.8, 4) is 0 Å². The van der Waals surface area contributed by atoms with Gasteiger partial charge in [-0.2, -0.15) is 12.6 Å². The van der Waals surface area contributed by atoms with E-state index in [9.17, 15) is 4.79 Å². The molecular weight excluding hydrogens is 176 g/mol. The fourth-order valence-electron chi connectivity index (χ4n) is 0.891. The zero-order chi connectivity index (χ0) is 9.14. The number of carbonyl (C=O) groups is 1. The Balaban J connectivity index is 2.15. The first-order valence-corrected chi connectivity index (χ1v) is 4.60. The van der Waals surface area contributed by atoms with E-state index in [-0.39, 0.29) is 23.4 Å². The van der Waals surface area contributed by atoms with Gasteiger partial charge in [0.05, 0.1) is 25.2 Å². The Labute approximate surface area is 77.8 Å². The van der Waals surface area contributed by atoms with Crippen molar-refractivity contribution in [2.75, 3.05) is 6.61 Å². The monoisotopic (exact) mass is 190 g/mol. The Kier molecular flexibility index (Phi) is 3.40. The van der Waals surface area contributed by atoms with Crippen LogP contribution in [0.3, 0.4) is 0 Å². The van der Waals surface area contributed by atoms with Gasteiger partial charge in [-0.3, -0.25) is 4.79 Å². The van der Waals surface area contributed by atoms with Crippen LogP contribution in [0.2, 0.25) is 0 Å². The maximum Gasteiger partial charge on any atom is 0.307 e. The van der Waals surface area contributed by atoms with Crippen LogP contribution in [0, 0.1) is 0 Å². The SMILES string of the molecule is CC(C)OC(=O)CC(S)C1CO1. The van der Waals surface area contributed by atoms with E-state index >= 15 is 0 Å². The van der Waals surface area contributed by atoms with Crippen LogP contribution in [-0.2, 0) is 14.3 Å². The molecule has 1 aliphatic rings. The predicted octanol–water partition coefficient (Wildman–Crippen LogP) is 1.03. The minimum Gasteiger partial charge on any atom is -0.463 e. The highest BCUT2D eigenvalue weighted by Crippen LogP contribution is 2.21. The topological polar surface area (TPSA) is 38.8 Å². The van der Waals surface area contributed by atoms with Gasteiger partial charge in [-0.25, -0.2) is 0 Å². The van der Waals surface area contributed by atoms with Gasteiger partial charge in [0.2, 0.25) is 0 Å². The molecule has 0 N–H and O–H groups in total. The van der Waals surface area contributed by atoms with Gasteiger partial charge in [0.1, 0.15) is 0 Å². The Morgan fingerprint density at radius 3 is 2.75 bits per heavy atom. The van der Waals surface area contributed by atoms with E-state index in [2.05, 4.69) is 12.6 Å². The number of esters is 1. The van der Waals surface area contributed by atoms with E-state index in [0.717, 1.165) is 6.61 Å². The zero-order valence-corrected chi connectivity index (χ0v) is 8.21. The van der Waals surface area contributed by atoms with E-state index < -0.39 is 0 Å². The van der Waals surface area contributed by atoms with Crippen LogP contribution in [0.15, 0.2) is 0 Å². The van der Waals surface area contributed by atoms with E-state index in [1.807, 2.05) is 13.8 Å². The summed E-state index contributed by atoms with van der Waals surface area (Å²) in [6, 6.07) is 0. The fraction of sp³-hybridized carbons (Fsp3) is 0.875. The molecule has 1 heterocycles. The summed E-state index contributed by atoms with van der Waals surface area (Å²) in [7, 11) is 0. The third kappa shape index (κ3) is 3.45. The van der Waals surface area contributed by atoms with Gasteiger partial charge < -0.3 is 9.47 Å². The van der Waals surface area contributed by atoms with Crippen molar-refractivity contribution in [1.82, 2.24) is 0 Å². The summed E-state index contributed by atoms with van der Waals surface area (Å²) in [5.41, 5.74) is 0. The van der Waals surface area contributed by atoms with Gasteiger partial charge in [0.25, 0.3) is 0 Å². The molecule has 0 aromatic rings. The van der Waals surface area contributed by atoms with E-state index in [1.54, 1.807) is 0 Å². The van der Waals surface area contributed by atoms with Crippen LogP contribution in [0.25, 0.3) is 0 Å². The molecule has 0 aromatic carbocycles. The van der Waals surface area contributed by atoms with E-state index in [0.29, 0.717) is 6.42 Å². The van der Waals surface area contributed by atoms with Gasteiger partial charge in [-0.05, 0) is 13.8 Å². The normalized spacial score (nSPS) is 23.8. The molecule has 4 heteroatoms. The number of epoxide rings is 1. The molecule has 0 radical (unpaired) electrons. The molecule has 3 nitrogen and oxygen atoms in total. The van der Waals surface area contributed by atoms with Gasteiger partial charge in [-0.15, -0.1) is 0 Å². The first kappa shape index (κ1) is 9.86. The van der Waals surface area contributed by atoms with Crippen molar-refractivity contribution < 1.29 is 14.3 Å². The summed E-state index contributed by atoms with van der Waals surface area (Å²) < 4.78 is 9.95. The van der Waals surface area contributed by atoms with Crippen molar-refractivity contribution in [2.45, 2.75) is 37.7 Å².